The molecule has 4 heteroatoms. The summed E-state index contributed by atoms with van der Waals surface area (Å²) in [5.74, 6) is 0. The Morgan fingerprint density at radius 1 is 0.294 bits per heavy atom. The monoisotopic (exact) mass is 898 g/mol. The van der Waals surface area contributed by atoms with Crippen LogP contribution in [-0.4, -0.2) is 4.57 Å². The highest BCUT2D eigenvalue weighted by molar-refractivity contribution is 7.26. The molecule has 15 aromatic rings. The molecule has 15 rings (SSSR count). The molecule has 12 aromatic carbocycles. The first-order valence-electron chi connectivity index (χ1n) is 23.2. The number of hydrogen-bond donors (Lipinski definition) is 0. The molecule has 0 spiro atoms. The van der Waals surface area contributed by atoms with E-state index in [1.165, 1.54) is 106 Å². The molecule has 3 aromatic heterocycles. The van der Waals surface area contributed by atoms with E-state index < -0.39 is 0 Å². The summed E-state index contributed by atoms with van der Waals surface area (Å²) in [6.45, 7) is 0. The highest BCUT2D eigenvalue weighted by atomic mass is 32.1. The van der Waals surface area contributed by atoms with Crippen LogP contribution in [0.2, 0.25) is 0 Å². The fourth-order valence-electron chi connectivity index (χ4n) is 11.2. The van der Waals surface area contributed by atoms with Crippen molar-refractivity contribution >= 4 is 134 Å². The van der Waals surface area contributed by atoms with Crippen molar-refractivity contribution in [1.82, 2.24) is 4.57 Å². The van der Waals surface area contributed by atoms with Crippen molar-refractivity contribution in [3.05, 3.63) is 231 Å². The number of hydrogen-bond acceptors (Lipinski definition) is 3. The lowest BCUT2D eigenvalue weighted by Crippen LogP contribution is -2.11. The Morgan fingerprint density at radius 2 is 0.882 bits per heavy atom. The Morgan fingerprint density at radius 3 is 1.69 bits per heavy atom. The Kier molecular flexibility index (Phi) is 8.14. The van der Waals surface area contributed by atoms with Crippen LogP contribution < -0.4 is 4.90 Å². The molecule has 0 aliphatic heterocycles. The summed E-state index contributed by atoms with van der Waals surface area (Å²) in [5, 5.41) is 15.3. The summed E-state index contributed by atoms with van der Waals surface area (Å²) in [5.41, 5.74) is 11.6. The Hall–Kier alpha value is -8.28. The van der Waals surface area contributed by atoms with Crippen molar-refractivity contribution in [3.63, 3.8) is 0 Å². The predicted molar refractivity (Wildman–Crippen MR) is 296 cm³/mol. The van der Waals surface area contributed by atoms with E-state index in [4.69, 9.17) is 0 Å². The van der Waals surface area contributed by atoms with E-state index in [0.29, 0.717) is 0 Å². The van der Waals surface area contributed by atoms with E-state index in [0.717, 1.165) is 33.9 Å². The van der Waals surface area contributed by atoms with Crippen molar-refractivity contribution < 1.29 is 0 Å². The molecule has 316 valence electrons. The summed E-state index contributed by atoms with van der Waals surface area (Å²) >= 11 is 3.74. The number of para-hydroxylation sites is 2. The first kappa shape index (κ1) is 37.9. The van der Waals surface area contributed by atoms with Crippen molar-refractivity contribution in [1.29, 1.82) is 0 Å². The number of benzene rings is 12. The third-order valence-electron chi connectivity index (χ3n) is 14.3. The van der Waals surface area contributed by atoms with Crippen molar-refractivity contribution in [2.45, 2.75) is 0 Å². The summed E-state index contributed by atoms with van der Waals surface area (Å²) in [6.07, 6.45) is 0. The van der Waals surface area contributed by atoms with Crippen LogP contribution in [0.3, 0.4) is 0 Å². The van der Waals surface area contributed by atoms with Gasteiger partial charge in [-0.2, -0.15) is 0 Å². The zero-order valence-electron chi connectivity index (χ0n) is 36.7. The SMILES string of the molecule is c1ccc(-n2c3ccccc3c3ccc(-c4cc(-c5ccc6c(c5)sc5ccccc56)cc(N(c5ccc6sc7ccccc7c6c5)c5cc6cccc7ccc8cccc5c8c76)c4)cc32)cc1. The van der Waals surface area contributed by atoms with E-state index in [1.54, 1.807) is 0 Å². The van der Waals surface area contributed by atoms with Crippen molar-refractivity contribution in [2.24, 2.45) is 0 Å². The number of anilines is 3. The Balaban J connectivity index is 1.04. The lowest BCUT2D eigenvalue weighted by atomic mass is 9.92. The quantitative estimate of drug-likeness (QED) is 0.151. The van der Waals surface area contributed by atoms with Crippen LogP contribution in [0.25, 0.3) is 122 Å². The number of rotatable bonds is 6. The Labute approximate surface area is 399 Å². The molecule has 68 heavy (non-hydrogen) atoms. The van der Waals surface area contributed by atoms with Crippen LogP contribution >= 0.6 is 22.7 Å². The van der Waals surface area contributed by atoms with Gasteiger partial charge in [0.05, 0.1) is 16.7 Å². The van der Waals surface area contributed by atoms with Gasteiger partial charge in [-0.15, -0.1) is 22.7 Å². The number of fused-ring (bicyclic) bond motifs is 9. The smallest absolute Gasteiger partial charge is 0.0547 e. The van der Waals surface area contributed by atoms with Gasteiger partial charge in [-0.25, -0.2) is 0 Å². The number of thiophene rings is 2. The normalized spacial score (nSPS) is 12.1. The van der Waals surface area contributed by atoms with E-state index in [2.05, 4.69) is 240 Å². The van der Waals surface area contributed by atoms with Crippen molar-refractivity contribution in [2.75, 3.05) is 4.90 Å². The van der Waals surface area contributed by atoms with E-state index in [9.17, 15) is 0 Å². The molecule has 0 saturated carbocycles. The van der Waals surface area contributed by atoms with Gasteiger partial charge in [-0.3, -0.25) is 0 Å². The van der Waals surface area contributed by atoms with Gasteiger partial charge in [0.2, 0.25) is 0 Å². The molecule has 0 aliphatic carbocycles. The minimum Gasteiger partial charge on any atom is -0.310 e. The first-order valence-corrected chi connectivity index (χ1v) is 24.9. The molecule has 0 aliphatic rings. The second-order valence-corrected chi connectivity index (χ2v) is 20.2. The van der Waals surface area contributed by atoms with E-state index >= 15 is 0 Å². The average molecular weight is 899 g/mol. The maximum Gasteiger partial charge on any atom is 0.0547 e. The highest BCUT2D eigenvalue weighted by Gasteiger charge is 2.23. The molecule has 0 atom stereocenters. The minimum absolute atomic E-state index is 1.10. The van der Waals surface area contributed by atoms with E-state index in [1.807, 2.05) is 22.7 Å². The maximum atomic E-state index is 2.54. The van der Waals surface area contributed by atoms with Gasteiger partial charge in [0.15, 0.2) is 0 Å². The molecule has 0 bridgehead atoms. The molecular formula is C64H38N2S2. The van der Waals surface area contributed by atoms with Gasteiger partial charge in [-0.05, 0) is 134 Å². The second kappa shape index (κ2) is 14.6. The zero-order chi connectivity index (χ0) is 44.5. The lowest BCUT2D eigenvalue weighted by Gasteiger charge is -2.29. The molecule has 3 heterocycles. The zero-order valence-corrected chi connectivity index (χ0v) is 38.3. The molecule has 2 nitrogen and oxygen atoms in total. The van der Waals surface area contributed by atoms with Gasteiger partial charge >= 0.3 is 0 Å². The molecular weight excluding hydrogens is 861 g/mol. The van der Waals surface area contributed by atoms with Gasteiger partial charge in [-0.1, -0.05) is 146 Å². The Bertz CT molecular complexity index is 4510. The van der Waals surface area contributed by atoms with Gasteiger partial charge in [0.25, 0.3) is 0 Å². The molecule has 0 unspecified atom stereocenters. The van der Waals surface area contributed by atoms with Crippen molar-refractivity contribution in [3.8, 4) is 27.9 Å². The molecule has 0 N–H and O–H groups in total. The minimum atomic E-state index is 1.10. The van der Waals surface area contributed by atoms with Crippen LogP contribution in [0.5, 0.6) is 0 Å². The van der Waals surface area contributed by atoms with Gasteiger partial charge in [0.1, 0.15) is 0 Å². The third-order valence-corrected chi connectivity index (χ3v) is 16.5. The number of aromatic nitrogens is 1. The van der Waals surface area contributed by atoms with Crippen LogP contribution in [0.1, 0.15) is 0 Å². The summed E-state index contributed by atoms with van der Waals surface area (Å²) in [7, 11) is 0. The molecule has 0 amide bonds. The standard InChI is InChI=1S/C64H38N2S2/c1-2-15-46(16-3-1)66-56-21-7-4-17-49(56)50-29-26-41(35-57(50)66)44-32-45(42-27-30-53-51-18-5-8-22-59(51)68-62(53)37-42)34-48(33-44)65(47-28-31-61-55(38-47)52-19-6-9-23-60(52)67-61)58-36-43-14-10-12-39-24-25-40-13-11-20-54(58)64(40)63(39)43/h1-38H. The number of nitrogens with zero attached hydrogens (tertiary/aromatic N) is 2. The highest BCUT2D eigenvalue weighted by Crippen LogP contribution is 2.49. The van der Waals surface area contributed by atoms with Crippen LogP contribution in [0, 0.1) is 0 Å². The van der Waals surface area contributed by atoms with Crippen LogP contribution in [0.15, 0.2) is 231 Å². The topological polar surface area (TPSA) is 8.17 Å². The summed E-state index contributed by atoms with van der Waals surface area (Å²) in [6, 6.07) is 86.2. The van der Waals surface area contributed by atoms with Crippen LogP contribution in [-0.2, 0) is 0 Å². The largest absolute Gasteiger partial charge is 0.310 e. The summed E-state index contributed by atoms with van der Waals surface area (Å²) < 4.78 is 7.62. The lowest BCUT2D eigenvalue weighted by molar-refractivity contribution is 1.18. The fourth-order valence-corrected chi connectivity index (χ4v) is 13.4. The fraction of sp³-hybridized carbons (Fsp3) is 0. The van der Waals surface area contributed by atoms with Gasteiger partial charge in [0, 0.05) is 73.6 Å². The average Bonchev–Trinajstić information content (AvgIpc) is 4.07. The van der Waals surface area contributed by atoms with E-state index in [-0.39, 0.29) is 0 Å². The van der Waals surface area contributed by atoms with Gasteiger partial charge < -0.3 is 9.47 Å². The first-order chi connectivity index (χ1) is 33.7. The van der Waals surface area contributed by atoms with Crippen LogP contribution in [0.4, 0.5) is 17.1 Å². The molecule has 0 fully saturated rings. The predicted octanol–water partition coefficient (Wildman–Crippen LogP) is 19.2. The third kappa shape index (κ3) is 5.69. The molecule has 0 radical (unpaired) electrons. The second-order valence-electron chi connectivity index (χ2n) is 18.1. The molecule has 0 saturated heterocycles. The maximum absolute atomic E-state index is 2.54. The summed E-state index contributed by atoms with van der Waals surface area (Å²) in [4.78, 5) is 2.54.